The number of hydrogen-bond donors (Lipinski definition) is 1. The van der Waals surface area contributed by atoms with Gasteiger partial charge in [0, 0.05) is 18.2 Å². The molecule has 2 aromatic rings. The highest BCUT2D eigenvalue weighted by molar-refractivity contribution is 5.94. The van der Waals surface area contributed by atoms with Crippen LogP contribution in [-0.2, 0) is 4.79 Å². The molecule has 0 spiro atoms. The zero-order valence-corrected chi connectivity index (χ0v) is 17.3. The van der Waals surface area contributed by atoms with Gasteiger partial charge in [0.15, 0.2) is 0 Å². The van der Waals surface area contributed by atoms with Crippen molar-refractivity contribution in [1.82, 2.24) is 4.90 Å². The molecule has 0 unspecified atom stereocenters. The van der Waals surface area contributed by atoms with E-state index in [-0.39, 0.29) is 24.2 Å². The lowest BCUT2D eigenvalue weighted by molar-refractivity contribution is -0.384. The van der Waals surface area contributed by atoms with Crippen molar-refractivity contribution >= 4 is 17.3 Å². The van der Waals surface area contributed by atoms with Gasteiger partial charge in [0.25, 0.3) is 5.69 Å². The highest BCUT2D eigenvalue weighted by atomic mass is 16.6. The van der Waals surface area contributed by atoms with Gasteiger partial charge in [-0.25, -0.2) is 0 Å². The number of rotatable bonds is 7. The minimum atomic E-state index is -0.496. The molecule has 1 fully saturated rings. The van der Waals surface area contributed by atoms with Gasteiger partial charge in [0.05, 0.1) is 31.4 Å². The summed E-state index contributed by atoms with van der Waals surface area (Å²) in [6.07, 6.45) is 4.23. The Hall–Kier alpha value is -3.13. The summed E-state index contributed by atoms with van der Waals surface area (Å²) in [4.78, 5) is 25.6. The molecule has 160 valence electrons. The number of nitro benzene ring substituents is 1. The average Bonchev–Trinajstić information content (AvgIpc) is 2.99. The number of hydrogen-bond acceptors (Lipinski definition) is 6. The number of carbonyl (C=O) groups is 1. The molecule has 0 radical (unpaired) electrons. The second-order valence-corrected chi connectivity index (χ2v) is 7.30. The van der Waals surface area contributed by atoms with E-state index < -0.39 is 4.92 Å². The van der Waals surface area contributed by atoms with Gasteiger partial charge in [-0.2, -0.15) is 0 Å². The fourth-order valence-corrected chi connectivity index (χ4v) is 3.84. The summed E-state index contributed by atoms with van der Waals surface area (Å²) in [7, 11) is 3.10. The van der Waals surface area contributed by atoms with Crippen molar-refractivity contribution in [3.8, 4) is 11.5 Å². The normalized spacial score (nSPS) is 17.1. The van der Waals surface area contributed by atoms with Crippen LogP contribution in [0.4, 0.5) is 11.4 Å². The number of nitro groups is 1. The third-order valence-electron chi connectivity index (χ3n) is 5.38. The average molecular weight is 413 g/mol. The van der Waals surface area contributed by atoms with Crippen LogP contribution < -0.4 is 14.8 Å². The Labute approximate surface area is 175 Å². The minimum Gasteiger partial charge on any atom is -0.497 e. The first kappa shape index (κ1) is 21.6. The van der Waals surface area contributed by atoms with E-state index in [0.717, 1.165) is 43.5 Å². The van der Waals surface area contributed by atoms with Crippen molar-refractivity contribution in [2.45, 2.75) is 31.7 Å². The summed E-state index contributed by atoms with van der Waals surface area (Å²) in [5.74, 6) is 0.958. The highest BCUT2D eigenvalue weighted by Gasteiger charge is 2.25. The summed E-state index contributed by atoms with van der Waals surface area (Å²) < 4.78 is 10.5. The second kappa shape index (κ2) is 10.1. The van der Waals surface area contributed by atoms with Crippen molar-refractivity contribution in [1.29, 1.82) is 0 Å². The Morgan fingerprint density at radius 1 is 1.13 bits per heavy atom. The number of ether oxygens (including phenoxy) is 2. The third-order valence-corrected chi connectivity index (χ3v) is 5.38. The van der Waals surface area contributed by atoms with Gasteiger partial charge in [-0.1, -0.05) is 25.0 Å². The first-order valence-corrected chi connectivity index (χ1v) is 10.0. The number of non-ortho nitro benzene ring substituents is 1. The molecule has 1 heterocycles. The fourth-order valence-electron chi connectivity index (χ4n) is 3.84. The van der Waals surface area contributed by atoms with Gasteiger partial charge < -0.3 is 14.8 Å². The van der Waals surface area contributed by atoms with Crippen LogP contribution >= 0.6 is 0 Å². The molecule has 30 heavy (non-hydrogen) atoms. The third kappa shape index (κ3) is 5.27. The van der Waals surface area contributed by atoms with Crippen molar-refractivity contribution in [3.63, 3.8) is 0 Å². The summed E-state index contributed by atoms with van der Waals surface area (Å²) >= 11 is 0. The van der Waals surface area contributed by atoms with Crippen LogP contribution in [0.1, 0.15) is 37.3 Å². The number of methoxy groups -OCH3 is 2. The van der Waals surface area contributed by atoms with E-state index >= 15 is 0 Å². The highest BCUT2D eigenvalue weighted by Crippen LogP contribution is 2.32. The van der Waals surface area contributed by atoms with E-state index in [9.17, 15) is 14.9 Å². The summed E-state index contributed by atoms with van der Waals surface area (Å²) in [5.41, 5.74) is 1.35. The van der Waals surface area contributed by atoms with Crippen LogP contribution in [0.15, 0.2) is 42.5 Å². The molecule has 1 N–H and O–H groups in total. The molecule has 1 amide bonds. The molecule has 1 aliphatic rings. The number of anilines is 1. The van der Waals surface area contributed by atoms with Crippen LogP contribution in [-0.4, -0.2) is 43.0 Å². The number of nitrogens with zero attached hydrogens (tertiary/aromatic N) is 2. The predicted octanol–water partition coefficient (Wildman–Crippen LogP) is 4.17. The molecule has 0 saturated carbocycles. The topological polar surface area (TPSA) is 93.9 Å². The Morgan fingerprint density at radius 2 is 1.90 bits per heavy atom. The fraction of sp³-hybridized carbons (Fsp3) is 0.409. The Bertz CT molecular complexity index is 885. The van der Waals surface area contributed by atoms with Gasteiger partial charge in [0.2, 0.25) is 5.91 Å². The largest absolute Gasteiger partial charge is 0.497 e. The van der Waals surface area contributed by atoms with Gasteiger partial charge in [-0.15, -0.1) is 0 Å². The van der Waals surface area contributed by atoms with Gasteiger partial charge in [0.1, 0.15) is 11.5 Å². The lowest BCUT2D eigenvalue weighted by atomic mass is 10.0. The monoisotopic (exact) mass is 413 g/mol. The summed E-state index contributed by atoms with van der Waals surface area (Å²) in [5, 5.41) is 13.9. The van der Waals surface area contributed by atoms with E-state index in [1.165, 1.54) is 25.3 Å². The Morgan fingerprint density at radius 3 is 2.57 bits per heavy atom. The van der Waals surface area contributed by atoms with Gasteiger partial charge in [-0.05, 0) is 43.1 Å². The molecule has 3 rings (SSSR count). The van der Waals surface area contributed by atoms with Gasteiger partial charge >= 0.3 is 0 Å². The first-order valence-electron chi connectivity index (χ1n) is 10.0. The summed E-state index contributed by atoms with van der Waals surface area (Å²) in [6, 6.07) is 12.3. The maximum Gasteiger partial charge on any atom is 0.271 e. The van der Waals surface area contributed by atoms with E-state index in [1.54, 1.807) is 7.11 Å². The van der Waals surface area contributed by atoms with E-state index in [4.69, 9.17) is 9.47 Å². The van der Waals surface area contributed by atoms with Crippen LogP contribution in [0.25, 0.3) is 0 Å². The zero-order chi connectivity index (χ0) is 21.5. The SMILES string of the molecule is COc1ccc([C@@H]2CCCCCN2CC(=O)Nc2cc([N+](=O)[O-])ccc2OC)cc1. The van der Waals surface area contributed by atoms with E-state index in [1.807, 2.05) is 24.3 Å². The van der Waals surface area contributed by atoms with Crippen molar-refractivity contribution in [3.05, 3.63) is 58.1 Å². The van der Waals surface area contributed by atoms with Crippen LogP contribution in [0.3, 0.4) is 0 Å². The molecular weight excluding hydrogens is 386 g/mol. The molecule has 8 nitrogen and oxygen atoms in total. The zero-order valence-electron chi connectivity index (χ0n) is 17.3. The van der Waals surface area contributed by atoms with Crippen molar-refractivity contribution in [2.24, 2.45) is 0 Å². The molecule has 0 aromatic heterocycles. The molecule has 1 atom stereocenters. The minimum absolute atomic E-state index is 0.100. The summed E-state index contributed by atoms with van der Waals surface area (Å²) in [6.45, 7) is 1.01. The number of amides is 1. The number of benzene rings is 2. The van der Waals surface area contributed by atoms with Crippen molar-refractivity contribution < 1.29 is 19.2 Å². The first-order chi connectivity index (χ1) is 14.5. The molecular formula is C22H27N3O5. The maximum absolute atomic E-state index is 12.8. The molecule has 0 bridgehead atoms. The quantitative estimate of drug-likeness (QED) is 0.541. The van der Waals surface area contributed by atoms with E-state index in [2.05, 4.69) is 10.2 Å². The molecule has 8 heteroatoms. The lowest BCUT2D eigenvalue weighted by Gasteiger charge is -2.30. The predicted molar refractivity (Wildman–Crippen MR) is 114 cm³/mol. The number of likely N-dealkylation sites (tertiary alicyclic amines) is 1. The standard InChI is InChI=1S/C22H27N3O5/c1-29-18-10-7-16(8-11-18)20-6-4-3-5-13-24(20)15-22(26)23-19-14-17(25(27)28)9-12-21(19)30-2/h7-12,14,20H,3-6,13,15H2,1-2H3,(H,23,26)/t20-/m0/s1. The van der Waals surface area contributed by atoms with Crippen molar-refractivity contribution in [2.75, 3.05) is 32.6 Å². The molecule has 2 aromatic carbocycles. The Balaban J connectivity index is 1.76. The smallest absolute Gasteiger partial charge is 0.271 e. The second-order valence-electron chi connectivity index (χ2n) is 7.30. The Kier molecular flexibility index (Phi) is 7.24. The van der Waals surface area contributed by atoms with Gasteiger partial charge in [-0.3, -0.25) is 19.8 Å². The van der Waals surface area contributed by atoms with Crippen LogP contribution in [0, 0.1) is 10.1 Å². The molecule has 1 aliphatic heterocycles. The maximum atomic E-state index is 12.8. The van der Waals surface area contributed by atoms with E-state index in [0.29, 0.717) is 11.4 Å². The molecule has 1 saturated heterocycles. The van der Waals surface area contributed by atoms with Crippen LogP contribution in [0.5, 0.6) is 11.5 Å². The number of carbonyl (C=O) groups excluding carboxylic acids is 1. The molecule has 0 aliphatic carbocycles. The number of nitrogens with one attached hydrogen (secondary N) is 1. The van der Waals surface area contributed by atoms with Crippen LogP contribution in [0.2, 0.25) is 0 Å². The lowest BCUT2D eigenvalue weighted by Crippen LogP contribution is -2.36.